The van der Waals surface area contributed by atoms with Crippen LogP contribution in [-0.4, -0.2) is 38.9 Å². The molecule has 0 saturated heterocycles. The van der Waals surface area contributed by atoms with Crippen LogP contribution in [-0.2, 0) is 18.4 Å². The highest BCUT2D eigenvalue weighted by Gasteiger charge is 2.15. The van der Waals surface area contributed by atoms with E-state index in [4.69, 9.17) is 0 Å². The summed E-state index contributed by atoms with van der Waals surface area (Å²) < 4.78 is 1.81. The molecule has 0 bridgehead atoms. The zero-order chi connectivity index (χ0) is 15.4. The van der Waals surface area contributed by atoms with Gasteiger partial charge in [-0.15, -0.1) is 0 Å². The van der Waals surface area contributed by atoms with E-state index in [0.29, 0.717) is 13.0 Å². The van der Waals surface area contributed by atoms with Crippen LogP contribution in [0, 0.1) is 6.92 Å². The minimum absolute atomic E-state index is 0.329. The lowest BCUT2D eigenvalue weighted by atomic mass is 10.1. The molecule has 1 aromatic carbocycles. The molecule has 114 valence electrons. The predicted octanol–water partition coefficient (Wildman–Crippen LogP) is 1.61. The lowest BCUT2D eigenvalue weighted by Gasteiger charge is -2.09. The zero-order valence-corrected chi connectivity index (χ0v) is 13.4. The summed E-state index contributed by atoms with van der Waals surface area (Å²) in [5.41, 5.74) is 3.01. The van der Waals surface area contributed by atoms with Gasteiger partial charge >= 0.3 is 0 Å². The second-order valence-electron chi connectivity index (χ2n) is 5.11. The molecule has 0 aliphatic rings. The Balaban J connectivity index is 2.07. The summed E-state index contributed by atoms with van der Waals surface area (Å²) in [6.07, 6.45) is 1.47. The van der Waals surface area contributed by atoms with Gasteiger partial charge in [0.25, 0.3) is 0 Å². The Kier molecular flexibility index (Phi) is 5.25. The molecule has 0 saturated carbocycles. The first-order chi connectivity index (χ1) is 10.0. The third kappa shape index (κ3) is 3.77. The van der Waals surface area contributed by atoms with Gasteiger partial charge in [0.05, 0.1) is 17.8 Å². The zero-order valence-electron chi connectivity index (χ0n) is 12.6. The van der Waals surface area contributed by atoms with Crippen molar-refractivity contribution in [3.05, 3.63) is 29.5 Å². The van der Waals surface area contributed by atoms with Gasteiger partial charge in [0.2, 0.25) is 5.91 Å². The molecule has 1 unspecified atom stereocenters. The van der Waals surface area contributed by atoms with Crippen molar-refractivity contribution in [2.45, 2.75) is 26.0 Å². The number of aliphatic hydroxyl groups excluding tert-OH is 1. The van der Waals surface area contributed by atoms with Crippen molar-refractivity contribution in [3.8, 4) is 0 Å². The number of benzene rings is 1. The molecule has 0 fully saturated rings. The molecule has 1 aromatic heterocycles. The number of hydrogen-bond donors (Lipinski definition) is 2. The third-order valence-electron chi connectivity index (χ3n) is 3.41. The fraction of sp³-hybridized carbons (Fsp3) is 0.467. The van der Waals surface area contributed by atoms with Crippen LogP contribution in [0.2, 0.25) is 0 Å². The maximum Gasteiger partial charge on any atom is 0.249 e. The minimum Gasteiger partial charge on any atom is -0.383 e. The number of carbonyl (C=O) groups excluding carboxylic acids is 1. The number of rotatable bonds is 6. The van der Waals surface area contributed by atoms with E-state index >= 15 is 0 Å². The first-order valence-corrected chi connectivity index (χ1v) is 8.29. The van der Waals surface area contributed by atoms with Gasteiger partial charge in [0, 0.05) is 12.4 Å². The SMILES string of the molecule is CSCCC(O)C(=O)NCc1nn(C)c2ccc(C)cc12. The molecule has 5 nitrogen and oxygen atoms in total. The molecule has 0 aliphatic carbocycles. The van der Waals surface area contributed by atoms with Crippen LogP contribution >= 0.6 is 11.8 Å². The molecule has 6 heteroatoms. The first kappa shape index (κ1) is 15.9. The Morgan fingerprint density at radius 2 is 2.29 bits per heavy atom. The average Bonchev–Trinajstić information content (AvgIpc) is 2.78. The molecule has 1 amide bonds. The van der Waals surface area contributed by atoms with Crippen LogP contribution in [0.1, 0.15) is 17.7 Å². The molecule has 1 atom stereocenters. The summed E-state index contributed by atoms with van der Waals surface area (Å²) >= 11 is 1.61. The number of hydrogen-bond acceptors (Lipinski definition) is 4. The fourth-order valence-electron chi connectivity index (χ4n) is 2.23. The van der Waals surface area contributed by atoms with E-state index in [1.165, 1.54) is 0 Å². The summed E-state index contributed by atoms with van der Waals surface area (Å²) in [5.74, 6) is 0.427. The van der Waals surface area contributed by atoms with Crippen LogP contribution in [0.4, 0.5) is 0 Å². The molecule has 0 aliphatic heterocycles. The second-order valence-corrected chi connectivity index (χ2v) is 6.09. The first-order valence-electron chi connectivity index (χ1n) is 6.90. The lowest BCUT2D eigenvalue weighted by Crippen LogP contribution is -2.34. The van der Waals surface area contributed by atoms with Crippen molar-refractivity contribution in [2.24, 2.45) is 7.05 Å². The van der Waals surface area contributed by atoms with Crippen LogP contribution < -0.4 is 5.32 Å². The van der Waals surface area contributed by atoms with Gasteiger partial charge in [-0.25, -0.2) is 0 Å². The maximum absolute atomic E-state index is 11.8. The monoisotopic (exact) mass is 307 g/mol. The molecule has 21 heavy (non-hydrogen) atoms. The number of nitrogens with one attached hydrogen (secondary N) is 1. The predicted molar refractivity (Wildman–Crippen MR) is 86.3 cm³/mol. The number of fused-ring (bicyclic) bond motifs is 1. The van der Waals surface area contributed by atoms with Crippen LogP contribution in [0.3, 0.4) is 0 Å². The van der Waals surface area contributed by atoms with E-state index in [2.05, 4.69) is 16.5 Å². The number of nitrogens with zero attached hydrogens (tertiary/aromatic N) is 2. The summed E-state index contributed by atoms with van der Waals surface area (Å²) in [5, 5.41) is 18.0. The van der Waals surface area contributed by atoms with Crippen molar-refractivity contribution in [2.75, 3.05) is 12.0 Å². The Morgan fingerprint density at radius 3 is 3.00 bits per heavy atom. The summed E-state index contributed by atoms with van der Waals surface area (Å²) in [6, 6.07) is 6.13. The number of aliphatic hydroxyl groups is 1. The van der Waals surface area contributed by atoms with Crippen molar-refractivity contribution in [1.82, 2.24) is 15.1 Å². The fourth-order valence-corrected chi connectivity index (χ4v) is 2.69. The van der Waals surface area contributed by atoms with Gasteiger partial charge in [-0.05, 0) is 37.5 Å². The van der Waals surface area contributed by atoms with Gasteiger partial charge in [0.15, 0.2) is 0 Å². The molecule has 2 N–H and O–H groups in total. The van der Waals surface area contributed by atoms with E-state index in [9.17, 15) is 9.90 Å². The number of amides is 1. The van der Waals surface area contributed by atoms with E-state index in [1.54, 1.807) is 16.4 Å². The molecule has 2 rings (SSSR count). The van der Waals surface area contributed by atoms with E-state index in [-0.39, 0.29) is 5.91 Å². The second kappa shape index (κ2) is 6.95. The lowest BCUT2D eigenvalue weighted by molar-refractivity contribution is -0.129. The number of aryl methyl sites for hydroxylation is 2. The number of thioether (sulfide) groups is 1. The van der Waals surface area contributed by atoms with Crippen molar-refractivity contribution >= 4 is 28.6 Å². The maximum atomic E-state index is 11.8. The topological polar surface area (TPSA) is 67.2 Å². The highest BCUT2D eigenvalue weighted by Crippen LogP contribution is 2.19. The summed E-state index contributed by atoms with van der Waals surface area (Å²) in [7, 11) is 1.89. The van der Waals surface area contributed by atoms with Crippen molar-refractivity contribution in [1.29, 1.82) is 0 Å². The van der Waals surface area contributed by atoms with Crippen LogP contribution in [0.25, 0.3) is 10.9 Å². The van der Waals surface area contributed by atoms with Gasteiger partial charge in [-0.2, -0.15) is 16.9 Å². The minimum atomic E-state index is -0.950. The summed E-state index contributed by atoms with van der Waals surface area (Å²) in [4.78, 5) is 11.8. The van der Waals surface area contributed by atoms with E-state index in [1.807, 2.05) is 32.4 Å². The van der Waals surface area contributed by atoms with Crippen LogP contribution in [0.15, 0.2) is 18.2 Å². The summed E-state index contributed by atoms with van der Waals surface area (Å²) in [6.45, 7) is 2.36. The molecular formula is C15H21N3O2S. The Labute approximate surface area is 128 Å². The van der Waals surface area contributed by atoms with Gasteiger partial charge < -0.3 is 10.4 Å². The Hall–Kier alpha value is -1.53. The average molecular weight is 307 g/mol. The van der Waals surface area contributed by atoms with Crippen molar-refractivity contribution in [3.63, 3.8) is 0 Å². The third-order valence-corrected chi connectivity index (χ3v) is 4.05. The number of aromatic nitrogens is 2. The molecule has 2 aromatic rings. The standard InChI is InChI=1S/C15H21N3O2S/c1-10-4-5-13-11(8-10)12(17-18(13)2)9-16-15(20)14(19)6-7-21-3/h4-5,8,14,19H,6-7,9H2,1-3H3,(H,16,20). The van der Waals surface area contributed by atoms with Crippen LogP contribution in [0.5, 0.6) is 0 Å². The highest BCUT2D eigenvalue weighted by atomic mass is 32.2. The van der Waals surface area contributed by atoms with Gasteiger partial charge in [-0.3, -0.25) is 9.48 Å². The molecule has 1 heterocycles. The smallest absolute Gasteiger partial charge is 0.249 e. The number of carbonyl (C=O) groups is 1. The molecule has 0 spiro atoms. The van der Waals surface area contributed by atoms with E-state index in [0.717, 1.165) is 27.9 Å². The normalized spacial score (nSPS) is 12.6. The molecule has 0 radical (unpaired) electrons. The quantitative estimate of drug-likeness (QED) is 0.851. The largest absolute Gasteiger partial charge is 0.383 e. The van der Waals surface area contributed by atoms with E-state index < -0.39 is 6.10 Å². The molecular weight excluding hydrogens is 286 g/mol. The van der Waals surface area contributed by atoms with Crippen molar-refractivity contribution < 1.29 is 9.90 Å². The highest BCUT2D eigenvalue weighted by molar-refractivity contribution is 7.98. The van der Waals surface area contributed by atoms with Gasteiger partial charge in [-0.1, -0.05) is 11.6 Å². The Bertz CT molecular complexity index is 639. The Morgan fingerprint density at radius 1 is 1.52 bits per heavy atom. The van der Waals surface area contributed by atoms with Gasteiger partial charge in [0.1, 0.15) is 6.10 Å².